The summed E-state index contributed by atoms with van der Waals surface area (Å²) in [5, 5.41) is 13.0. The Morgan fingerprint density at radius 3 is 3.00 bits per heavy atom. The van der Waals surface area contributed by atoms with Crippen molar-refractivity contribution in [2.75, 3.05) is 17.6 Å². The zero-order valence-corrected chi connectivity index (χ0v) is 9.44. The van der Waals surface area contributed by atoms with Crippen molar-refractivity contribution in [1.29, 1.82) is 0 Å². The quantitative estimate of drug-likeness (QED) is 0.703. The zero-order chi connectivity index (χ0) is 11.9. The fraction of sp³-hybridized carbons (Fsp3) is 0.417. The molecule has 1 saturated carbocycles. The normalized spacial score (nSPS) is 17.9. The Kier molecular flexibility index (Phi) is 2.22. The first-order valence-corrected chi connectivity index (χ1v) is 5.77. The molecule has 5 nitrogen and oxygen atoms in total. The number of fused-ring (bicyclic) bond motifs is 1. The van der Waals surface area contributed by atoms with E-state index in [-0.39, 0.29) is 0 Å². The summed E-state index contributed by atoms with van der Waals surface area (Å²) in [6.07, 6.45) is 2.77. The predicted octanol–water partition coefficient (Wildman–Crippen LogP) is 1.74. The predicted molar refractivity (Wildman–Crippen MR) is 65.7 cm³/mol. The average Bonchev–Trinajstić information content (AvgIpc) is 2.65. The smallest absolute Gasteiger partial charge is 0.295 e. The molecule has 5 heteroatoms. The van der Waals surface area contributed by atoms with Crippen LogP contribution in [-0.4, -0.2) is 22.2 Å². The molecule has 4 N–H and O–H groups in total. The summed E-state index contributed by atoms with van der Waals surface area (Å²) in [5.41, 5.74) is 7.17. The van der Waals surface area contributed by atoms with Gasteiger partial charge in [-0.15, -0.1) is 0 Å². The van der Waals surface area contributed by atoms with E-state index in [1.807, 2.05) is 0 Å². The van der Waals surface area contributed by atoms with E-state index in [0.29, 0.717) is 23.8 Å². The molecule has 1 heterocycles. The van der Waals surface area contributed by atoms with Crippen molar-refractivity contribution in [3.05, 3.63) is 18.2 Å². The number of rotatable bonds is 3. The van der Waals surface area contributed by atoms with E-state index in [0.717, 1.165) is 24.8 Å². The molecule has 0 amide bonds. The lowest BCUT2D eigenvalue weighted by Crippen LogP contribution is -2.43. The van der Waals surface area contributed by atoms with Crippen molar-refractivity contribution >= 4 is 22.8 Å². The highest BCUT2D eigenvalue weighted by atomic mass is 16.4. The van der Waals surface area contributed by atoms with E-state index >= 15 is 0 Å². The number of nitrogens with two attached hydrogens (primary N) is 1. The number of nitrogen functional groups attached to an aromatic ring is 1. The average molecular weight is 233 g/mol. The molecule has 0 radical (unpaired) electrons. The standard InChI is InChI=1S/C12H15N3O2/c13-8-2-3-10-9(6-8)15-11(17-10)14-7-12(16)4-1-5-12/h2-3,6,16H,1,4-5,7,13H2,(H,14,15). The maximum absolute atomic E-state index is 9.94. The zero-order valence-electron chi connectivity index (χ0n) is 9.44. The van der Waals surface area contributed by atoms with Crippen LogP contribution < -0.4 is 11.1 Å². The summed E-state index contributed by atoms with van der Waals surface area (Å²) in [7, 11) is 0. The van der Waals surface area contributed by atoms with E-state index in [4.69, 9.17) is 10.2 Å². The largest absolute Gasteiger partial charge is 0.424 e. The number of hydrogen-bond acceptors (Lipinski definition) is 5. The minimum atomic E-state index is -0.584. The molecule has 1 aromatic carbocycles. The molecule has 0 saturated heterocycles. The highest BCUT2D eigenvalue weighted by Gasteiger charge is 2.34. The lowest BCUT2D eigenvalue weighted by Gasteiger charge is -2.36. The van der Waals surface area contributed by atoms with Crippen molar-refractivity contribution in [1.82, 2.24) is 4.98 Å². The molecule has 0 bridgehead atoms. The molecule has 1 aliphatic rings. The van der Waals surface area contributed by atoms with E-state index in [9.17, 15) is 5.11 Å². The second-order valence-electron chi connectivity index (χ2n) is 4.68. The summed E-state index contributed by atoms with van der Waals surface area (Å²) >= 11 is 0. The van der Waals surface area contributed by atoms with E-state index in [1.165, 1.54) is 0 Å². The van der Waals surface area contributed by atoms with Gasteiger partial charge in [0.1, 0.15) is 5.52 Å². The number of aromatic nitrogens is 1. The second kappa shape index (κ2) is 3.63. The number of nitrogens with zero attached hydrogens (tertiary/aromatic N) is 1. The fourth-order valence-corrected chi connectivity index (χ4v) is 2.02. The first-order chi connectivity index (χ1) is 8.15. The Balaban J connectivity index is 1.76. The van der Waals surface area contributed by atoms with Gasteiger partial charge in [0.15, 0.2) is 5.58 Å². The van der Waals surface area contributed by atoms with Crippen LogP contribution in [0.15, 0.2) is 22.6 Å². The number of benzene rings is 1. The van der Waals surface area contributed by atoms with Gasteiger partial charge in [-0.3, -0.25) is 0 Å². The number of anilines is 2. The van der Waals surface area contributed by atoms with Crippen LogP contribution >= 0.6 is 0 Å². The van der Waals surface area contributed by atoms with Crippen molar-refractivity contribution < 1.29 is 9.52 Å². The maximum Gasteiger partial charge on any atom is 0.295 e. The molecular formula is C12H15N3O2. The Labute approximate surface area is 98.6 Å². The van der Waals surface area contributed by atoms with Crippen LogP contribution in [0, 0.1) is 0 Å². The molecule has 0 spiro atoms. The van der Waals surface area contributed by atoms with Gasteiger partial charge in [0.05, 0.1) is 5.60 Å². The maximum atomic E-state index is 9.94. The molecule has 1 fully saturated rings. The number of aliphatic hydroxyl groups is 1. The number of nitrogens with one attached hydrogen (secondary N) is 1. The molecule has 90 valence electrons. The Bertz CT molecular complexity index is 546. The minimum absolute atomic E-state index is 0.436. The summed E-state index contributed by atoms with van der Waals surface area (Å²) in [4.78, 5) is 4.27. The van der Waals surface area contributed by atoms with Crippen molar-refractivity contribution in [2.45, 2.75) is 24.9 Å². The molecular weight excluding hydrogens is 218 g/mol. The molecule has 0 aliphatic heterocycles. The Hall–Kier alpha value is -1.75. The summed E-state index contributed by atoms with van der Waals surface area (Å²) in [6.45, 7) is 0.481. The lowest BCUT2D eigenvalue weighted by atomic mass is 9.80. The SMILES string of the molecule is Nc1ccc2oc(NCC3(O)CCC3)nc2c1. The van der Waals surface area contributed by atoms with Crippen molar-refractivity contribution in [2.24, 2.45) is 0 Å². The lowest BCUT2D eigenvalue weighted by molar-refractivity contribution is -0.0205. The summed E-state index contributed by atoms with van der Waals surface area (Å²) in [5.74, 6) is 0. The third kappa shape index (κ3) is 1.93. The van der Waals surface area contributed by atoms with Crippen LogP contribution in [-0.2, 0) is 0 Å². The third-order valence-electron chi connectivity index (χ3n) is 3.26. The van der Waals surface area contributed by atoms with E-state index < -0.39 is 5.60 Å². The van der Waals surface area contributed by atoms with Crippen molar-refractivity contribution in [3.63, 3.8) is 0 Å². The summed E-state index contributed by atoms with van der Waals surface area (Å²) < 4.78 is 5.50. The van der Waals surface area contributed by atoms with Gasteiger partial charge >= 0.3 is 0 Å². The molecule has 2 aromatic rings. The van der Waals surface area contributed by atoms with Gasteiger partial charge in [-0.05, 0) is 37.5 Å². The monoisotopic (exact) mass is 233 g/mol. The Morgan fingerprint density at radius 2 is 2.29 bits per heavy atom. The van der Waals surface area contributed by atoms with Gasteiger partial charge < -0.3 is 20.6 Å². The fourth-order valence-electron chi connectivity index (χ4n) is 2.02. The van der Waals surface area contributed by atoms with Gasteiger partial charge in [0.2, 0.25) is 0 Å². The minimum Gasteiger partial charge on any atom is -0.424 e. The van der Waals surface area contributed by atoms with Gasteiger partial charge in [-0.1, -0.05) is 0 Å². The van der Waals surface area contributed by atoms with E-state index in [1.54, 1.807) is 18.2 Å². The van der Waals surface area contributed by atoms with Crippen LogP contribution in [0.5, 0.6) is 0 Å². The molecule has 17 heavy (non-hydrogen) atoms. The highest BCUT2D eigenvalue weighted by Crippen LogP contribution is 2.31. The molecule has 0 unspecified atom stereocenters. The Morgan fingerprint density at radius 1 is 1.47 bits per heavy atom. The summed E-state index contributed by atoms with van der Waals surface area (Å²) in [6, 6.07) is 5.77. The van der Waals surface area contributed by atoms with Crippen LogP contribution in [0.2, 0.25) is 0 Å². The number of oxazole rings is 1. The van der Waals surface area contributed by atoms with Gasteiger partial charge in [-0.25, -0.2) is 0 Å². The molecule has 1 aliphatic carbocycles. The highest BCUT2D eigenvalue weighted by molar-refractivity contribution is 5.78. The molecule has 0 atom stereocenters. The van der Waals surface area contributed by atoms with Gasteiger partial charge in [-0.2, -0.15) is 4.98 Å². The molecule has 1 aromatic heterocycles. The van der Waals surface area contributed by atoms with Crippen LogP contribution in [0.3, 0.4) is 0 Å². The van der Waals surface area contributed by atoms with Crippen LogP contribution in [0.1, 0.15) is 19.3 Å². The van der Waals surface area contributed by atoms with Crippen LogP contribution in [0.4, 0.5) is 11.7 Å². The second-order valence-corrected chi connectivity index (χ2v) is 4.68. The van der Waals surface area contributed by atoms with Crippen molar-refractivity contribution in [3.8, 4) is 0 Å². The topological polar surface area (TPSA) is 84.3 Å². The van der Waals surface area contributed by atoms with Gasteiger partial charge in [0.25, 0.3) is 6.01 Å². The third-order valence-corrected chi connectivity index (χ3v) is 3.26. The first kappa shape index (κ1) is 10.4. The van der Waals surface area contributed by atoms with E-state index in [2.05, 4.69) is 10.3 Å². The number of hydrogen-bond donors (Lipinski definition) is 3. The molecule has 3 rings (SSSR count). The first-order valence-electron chi connectivity index (χ1n) is 5.77. The van der Waals surface area contributed by atoms with Gasteiger partial charge in [0, 0.05) is 12.2 Å². The van der Waals surface area contributed by atoms with Crippen LogP contribution in [0.25, 0.3) is 11.1 Å².